The van der Waals surface area contributed by atoms with Gasteiger partial charge in [-0.3, -0.25) is 8.98 Å². The van der Waals surface area contributed by atoms with Gasteiger partial charge in [-0.25, -0.2) is 0 Å². The van der Waals surface area contributed by atoms with Crippen LogP contribution < -0.4 is 0 Å². The van der Waals surface area contributed by atoms with Crippen molar-refractivity contribution < 1.29 is 22.5 Å². The fraction of sp³-hybridized carbons (Fsp3) is 0.462. The molecule has 0 fully saturated rings. The molecule has 0 aliphatic rings. The summed E-state index contributed by atoms with van der Waals surface area (Å²) < 4.78 is 28.7. The maximum absolute atomic E-state index is 11.9. The van der Waals surface area contributed by atoms with Gasteiger partial charge in [-0.2, -0.15) is 8.42 Å². The summed E-state index contributed by atoms with van der Waals surface area (Å²) in [6.07, 6.45) is -0.156. The minimum Gasteiger partial charge on any atom is -0.481 e. The van der Waals surface area contributed by atoms with Gasteiger partial charge < -0.3 is 5.11 Å². The SMILES string of the molecule is Cc1ccc(S(=O)(=O)OCC(C)(C)CC(=O)O)cc1. The first-order valence-electron chi connectivity index (χ1n) is 5.80. The van der Waals surface area contributed by atoms with Gasteiger partial charge in [0.05, 0.1) is 17.9 Å². The molecule has 1 aromatic rings. The van der Waals surface area contributed by atoms with Crippen LogP contribution in [0.3, 0.4) is 0 Å². The average molecular weight is 286 g/mol. The molecule has 0 bridgehead atoms. The Morgan fingerprint density at radius 1 is 1.26 bits per heavy atom. The Hall–Kier alpha value is -1.40. The third kappa shape index (κ3) is 5.00. The second-order valence-electron chi connectivity index (χ2n) is 5.26. The lowest BCUT2D eigenvalue weighted by Crippen LogP contribution is -2.25. The minimum atomic E-state index is -3.84. The predicted molar refractivity (Wildman–Crippen MR) is 70.4 cm³/mol. The highest BCUT2D eigenvalue weighted by atomic mass is 32.2. The number of rotatable bonds is 6. The number of aryl methyl sites for hydroxylation is 1. The van der Waals surface area contributed by atoms with Crippen LogP contribution in [0, 0.1) is 12.3 Å². The molecule has 0 heterocycles. The van der Waals surface area contributed by atoms with E-state index in [2.05, 4.69) is 0 Å². The van der Waals surface area contributed by atoms with E-state index in [-0.39, 0.29) is 17.9 Å². The summed E-state index contributed by atoms with van der Waals surface area (Å²) in [5, 5.41) is 8.72. The fourth-order valence-corrected chi connectivity index (χ4v) is 2.55. The summed E-state index contributed by atoms with van der Waals surface area (Å²) in [7, 11) is -3.84. The molecule has 19 heavy (non-hydrogen) atoms. The van der Waals surface area contributed by atoms with E-state index in [0.29, 0.717) is 0 Å². The Balaban J connectivity index is 2.76. The van der Waals surface area contributed by atoms with Gasteiger partial charge in [-0.15, -0.1) is 0 Å². The molecule has 1 aromatic carbocycles. The smallest absolute Gasteiger partial charge is 0.303 e. The van der Waals surface area contributed by atoms with Crippen molar-refractivity contribution in [3.05, 3.63) is 29.8 Å². The maximum atomic E-state index is 11.9. The van der Waals surface area contributed by atoms with Crippen LogP contribution in [0.15, 0.2) is 29.2 Å². The molecule has 1 rings (SSSR count). The molecule has 0 unspecified atom stereocenters. The molecule has 0 atom stereocenters. The number of carbonyl (C=O) groups is 1. The van der Waals surface area contributed by atoms with Gasteiger partial charge in [0, 0.05) is 0 Å². The molecule has 0 spiro atoms. The largest absolute Gasteiger partial charge is 0.481 e. The van der Waals surface area contributed by atoms with Crippen molar-refractivity contribution in [3.63, 3.8) is 0 Å². The highest BCUT2D eigenvalue weighted by Gasteiger charge is 2.26. The lowest BCUT2D eigenvalue weighted by Gasteiger charge is -2.21. The van der Waals surface area contributed by atoms with Crippen molar-refractivity contribution in [2.75, 3.05) is 6.61 Å². The van der Waals surface area contributed by atoms with Crippen LogP contribution in [0.1, 0.15) is 25.8 Å². The molecule has 0 radical (unpaired) electrons. The van der Waals surface area contributed by atoms with Crippen LogP contribution in [0.25, 0.3) is 0 Å². The number of benzene rings is 1. The zero-order valence-corrected chi connectivity index (χ0v) is 12.0. The van der Waals surface area contributed by atoms with Gasteiger partial charge in [-0.05, 0) is 24.5 Å². The van der Waals surface area contributed by atoms with Crippen molar-refractivity contribution in [2.45, 2.75) is 32.1 Å². The van der Waals surface area contributed by atoms with Gasteiger partial charge in [0.1, 0.15) is 0 Å². The van der Waals surface area contributed by atoms with E-state index >= 15 is 0 Å². The summed E-state index contributed by atoms with van der Waals surface area (Å²) in [5.41, 5.74) is 0.203. The molecule has 0 saturated heterocycles. The van der Waals surface area contributed by atoms with E-state index < -0.39 is 21.5 Å². The van der Waals surface area contributed by atoms with E-state index in [1.54, 1.807) is 26.0 Å². The molecular formula is C13H18O5S. The maximum Gasteiger partial charge on any atom is 0.303 e. The van der Waals surface area contributed by atoms with Gasteiger partial charge in [-0.1, -0.05) is 31.5 Å². The summed E-state index contributed by atoms with van der Waals surface area (Å²) in [6.45, 7) is 4.97. The number of hydrogen-bond acceptors (Lipinski definition) is 4. The molecule has 0 aromatic heterocycles. The van der Waals surface area contributed by atoms with Crippen molar-refractivity contribution in [2.24, 2.45) is 5.41 Å². The highest BCUT2D eigenvalue weighted by Crippen LogP contribution is 2.23. The Morgan fingerprint density at radius 3 is 2.26 bits per heavy atom. The molecular weight excluding hydrogens is 268 g/mol. The topological polar surface area (TPSA) is 80.7 Å². The van der Waals surface area contributed by atoms with Crippen molar-refractivity contribution in [1.82, 2.24) is 0 Å². The van der Waals surface area contributed by atoms with E-state index in [4.69, 9.17) is 9.29 Å². The molecule has 106 valence electrons. The highest BCUT2D eigenvalue weighted by molar-refractivity contribution is 7.86. The number of carboxylic acids is 1. The van der Waals surface area contributed by atoms with Crippen LogP contribution in [0.2, 0.25) is 0 Å². The first-order chi connectivity index (χ1) is 8.62. The van der Waals surface area contributed by atoms with Crippen LogP contribution in [-0.4, -0.2) is 26.1 Å². The van der Waals surface area contributed by atoms with Gasteiger partial charge in [0.15, 0.2) is 0 Å². The van der Waals surface area contributed by atoms with Crippen LogP contribution in [0.4, 0.5) is 0 Å². The molecule has 1 N–H and O–H groups in total. The minimum absolute atomic E-state index is 0.0734. The number of hydrogen-bond donors (Lipinski definition) is 1. The van der Waals surface area contributed by atoms with Crippen molar-refractivity contribution in [3.8, 4) is 0 Å². The lowest BCUT2D eigenvalue weighted by atomic mass is 9.91. The van der Waals surface area contributed by atoms with Crippen LogP contribution >= 0.6 is 0 Å². The van der Waals surface area contributed by atoms with Crippen LogP contribution in [-0.2, 0) is 19.1 Å². The molecule has 0 aliphatic carbocycles. The molecule has 0 aliphatic heterocycles. The quantitative estimate of drug-likeness (QED) is 0.811. The number of carboxylic acid groups (broad SMARTS) is 1. The second kappa shape index (κ2) is 5.71. The second-order valence-corrected chi connectivity index (χ2v) is 6.88. The molecule has 5 nitrogen and oxygen atoms in total. The summed E-state index contributed by atoms with van der Waals surface area (Å²) in [6, 6.07) is 6.29. The zero-order chi connectivity index (χ0) is 14.7. The first kappa shape index (κ1) is 15.7. The van der Waals surface area contributed by atoms with E-state index in [9.17, 15) is 13.2 Å². The van der Waals surface area contributed by atoms with Crippen LogP contribution in [0.5, 0.6) is 0 Å². The van der Waals surface area contributed by atoms with E-state index in [0.717, 1.165) is 5.56 Å². The van der Waals surface area contributed by atoms with Gasteiger partial charge in [0.25, 0.3) is 10.1 Å². The molecule has 6 heteroatoms. The lowest BCUT2D eigenvalue weighted by molar-refractivity contribution is -0.139. The normalized spacial score (nSPS) is 12.4. The van der Waals surface area contributed by atoms with Gasteiger partial charge >= 0.3 is 5.97 Å². The summed E-state index contributed by atoms with van der Waals surface area (Å²) in [5.74, 6) is -0.985. The van der Waals surface area contributed by atoms with E-state index in [1.165, 1.54) is 12.1 Å². The van der Waals surface area contributed by atoms with Crippen molar-refractivity contribution >= 4 is 16.1 Å². The third-order valence-electron chi connectivity index (χ3n) is 2.54. The van der Waals surface area contributed by atoms with Gasteiger partial charge in [0.2, 0.25) is 0 Å². The fourth-order valence-electron chi connectivity index (χ4n) is 1.47. The zero-order valence-electron chi connectivity index (χ0n) is 11.2. The van der Waals surface area contributed by atoms with E-state index in [1.807, 2.05) is 6.92 Å². The van der Waals surface area contributed by atoms with Crippen molar-refractivity contribution in [1.29, 1.82) is 0 Å². The molecule has 0 amide bonds. The summed E-state index contributed by atoms with van der Waals surface area (Å²) >= 11 is 0. The standard InChI is InChI=1S/C13H18O5S/c1-10-4-6-11(7-5-10)19(16,17)18-9-13(2,3)8-12(14)15/h4-7H,8-9H2,1-3H3,(H,14,15). The Labute approximate surface area is 113 Å². The Kier molecular flexibility index (Phi) is 4.70. The first-order valence-corrected chi connectivity index (χ1v) is 7.21. The predicted octanol–water partition coefficient (Wildman–Crippen LogP) is 2.20. The number of aliphatic carboxylic acids is 1. The average Bonchev–Trinajstić information content (AvgIpc) is 2.26. The summed E-state index contributed by atoms with van der Waals surface area (Å²) in [4.78, 5) is 10.7. The Bertz CT molecular complexity index is 543. The Morgan fingerprint density at radius 2 is 1.79 bits per heavy atom. The molecule has 0 saturated carbocycles. The third-order valence-corrected chi connectivity index (χ3v) is 3.82. The monoisotopic (exact) mass is 286 g/mol.